The Balaban J connectivity index is 2.92. The van der Waals surface area contributed by atoms with Crippen LogP contribution < -0.4 is 4.90 Å². The highest BCUT2D eigenvalue weighted by Gasteiger charge is 2.19. The largest absolute Gasteiger partial charge is 0.393 e. The minimum absolute atomic E-state index is 0.0797. The van der Waals surface area contributed by atoms with Crippen molar-refractivity contribution in [3.05, 3.63) is 16.5 Å². The second kappa shape index (κ2) is 5.97. The number of aliphatic hydroxyl groups is 1. The van der Waals surface area contributed by atoms with Gasteiger partial charge in [0, 0.05) is 25.1 Å². The van der Waals surface area contributed by atoms with E-state index in [2.05, 4.69) is 46.7 Å². The molecule has 0 aliphatic carbocycles. The Morgan fingerprint density at radius 1 is 1.39 bits per heavy atom. The summed E-state index contributed by atoms with van der Waals surface area (Å²) < 4.78 is 0.793. The van der Waals surface area contributed by atoms with Crippen molar-refractivity contribution in [2.45, 2.75) is 45.6 Å². The Hall–Kier alpha value is -0.680. The van der Waals surface area contributed by atoms with Gasteiger partial charge >= 0.3 is 0 Å². The molecule has 0 aliphatic heterocycles. The van der Waals surface area contributed by atoms with Gasteiger partial charge in [0.2, 0.25) is 0 Å². The van der Waals surface area contributed by atoms with Gasteiger partial charge in [-0.2, -0.15) is 0 Å². The highest BCUT2D eigenvalue weighted by Crippen LogP contribution is 2.23. The van der Waals surface area contributed by atoms with Gasteiger partial charge in [0.05, 0.1) is 6.10 Å². The molecule has 0 amide bonds. The van der Waals surface area contributed by atoms with Gasteiger partial charge in [-0.05, 0) is 29.3 Å². The molecule has 0 saturated heterocycles. The monoisotopic (exact) mass is 315 g/mol. The average Bonchev–Trinajstić information content (AvgIpc) is 2.23. The van der Waals surface area contributed by atoms with E-state index in [-0.39, 0.29) is 11.5 Å². The van der Waals surface area contributed by atoms with Gasteiger partial charge in [-0.25, -0.2) is 9.97 Å². The first-order valence-electron chi connectivity index (χ1n) is 6.14. The Morgan fingerprint density at radius 2 is 2.00 bits per heavy atom. The maximum Gasteiger partial charge on any atom is 0.137 e. The molecule has 0 saturated carbocycles. The molecule has 4 nitrogen and oxygen atoms in total. The fourth-order valence-electron chi connectivity index (χ4n) is 1.43. The van der Waals surface area contributed by atoms with E-state index in [9.17, 15) is 5.11 Å². The van der Waals surface area contributed by atoms with Crippen LogP contribution in [0.1, 0.15) is 39.9 Å². The molecule has 0 fully saturated rings. The van der Waals surface area contributed by atoms with Crippen LogP contribution in [0.15, 0.2) is 10.7 Å². The lowest BCUT2D eigenvalue weighted by molar-refractivity contribution is 0.187. The summed E-state index contributed by atoms with van der Waals surface area (Å²) in [5.41, 5.74) is -0.0797. The Bertz CT molecular complexity index is 402. The van der Waals surface area contributed by atoms with Gasteiger partial charge in [0.1, 0.15) is 16.2 Å². The van der Waals surface area contributed by atoms with Gasteiger partial charge in [-0.3, -0.25) is 0 Å². The number of nitrogens with zero attached hydrogens (tertiary/aromatic N) is 3. The Morgan fingerprint density at radius 3 is 2.50 bits per heavy atom. The van der Waals surface area contributed by atoms with E-state index in [1.54, 1.807) is 6.92 Å². The third-order valence-corrected chi connectivity index (χ3v) is 3.03. The lowest BCUT2D eigenvalue weighted by Gasteiger charge is -2.23. The summed E-state index contributed by atoms with van der Waals surface area (Å²) in [6.45, 7) is 8.84. The summed E-state index contributed by atoms with van der Waals surface area (Å²) in [6, 6.07) is 1.90. The Kier molecular flexibility index (Phi) is 5.10. The van der Waals surface area contributed by atoms with Crippen LogP contribution in [0.4, 0.5) is 5.82 Å². The number of hydrogen-bond donors (Lipinski definition) is 1. The van der Waals surface area contributed by atoms with Crippen LogP contribution in [0.5, 0.6) is 0 Å². The van der Waals surface area contributed by atoms with Crippen molar-refractivity contribution in [3.8, 4) is 0 Å². The van der Waals surface area contributed by atoms with Gasteiger partial charge in [0.15, 0.2) is 0 Å². The summed E-state index contributed by atoms with van der Waals surface area (Å²) in [5.74, 6) is 1.69. The fraction of sp³-hybridized carbons (Fsp3) is 0.692. The van der Waals surface area contributed by atoms with Crippen molar-refractivity contribution in [2.75, 3.05) is 18.5 Å². The number of aliphatic hydroxyl groups excluding tert-OH is 1. The molecule has 1 aromatic rings. The Labute approximate surface area is 118 Å². The summed E-state index contributed by atoms with van der Waals surface area (Å²) >= 11 is 3.43. The predicted octanol–water partition coefficient (Wildman–Crippen LogP) is 2.74. The topological polar surface area (TPSA) is 49.2 Å². The average molecular weight is 316 g/mol. The lowest BCUT2D eigenvalue weighted by Crippen LogP contribution is -2.25. The molecule has 1 rings (SSSR count). The number of anilines is 1. The van der Waals surface area contributed by atoms with Crippen molar-refractivity contribution in [1.29, 1.82) is 0 Å². The zero-order valence-corrected chi connectivity index (χ0v) is 13.3. The first-order chi connectivity index (χ1) is 8.20. The maximum absolute atomic E-state index is 9.32. The zero-order chi connectivity index (χ0) is 13.9. The molecular weight excluding hydrogens is 294 g/mol. The molecule has 0 spiro atoms. The van der Waals surface area contributed by atoms with Crippen LogP contribution in [0.25, 0.3) is 0 Å². The first kappa shape index (κ1) is 15.4. The van der Waals surface area contributed by atoms with E-state index in [0.29, 0.717) is 0 Å². The zero-order valence-electron chi connectivity index (χ0n) is 11.7. The molecule has 1 atom stereocenters. The molecule has 1 heterocycles. The van der Waals surface area contributed by atoms with Crippen molar-refractivity contribution in [2.24, 2.45) is 0 Å². The molecule has 102 valence electrons. The van der Waals surface area contributed by atoms with Gasteiger partial charge in [-0.15, -0.1) is 0 Å². The summed E-state index contributed by atoms with van der Waals surface area (Å²) in [7, 11) is 1.98. The van der Waals surface area contributed by atoms with E-state index in [1.807, 2.05) is 18.0 Å². The predicted molar refractivity (Wildman–Crippen MR) is 78.0 cm³/mol. The van der Waals surface area contributed by atoms with E-state index in [0.717, 1.165) is 29.2 Å². The highest BCUT2D eigenvalue weighted by atomic mass is 79.9. The normalized spacial score (nSPS) is 13.5. The third-order valence-electron chi connectivity index (χ3n) is 2.63. The summed E-state index contributed by atoms with van der Waals surface area (Å²) in [5, 5.41) is 9.32. The maximum atomic E-state index is 9.32. The van der Waals surface area contributed by atoms with Crippen molar-refractivity contribution >= 4 is 21.7 Å². The van der Waals surface area contributed by atoms with Crippen LogP contribution in [0.3, 0.4) is 0 Å². The van der Waals surface area contributed by atoms with Crippen molar-refractivity contribution in [1.82, 2.24) is 9.97 Å². The molecule has 0 aliphatic rings. The van der Waals surface area contributed by atoms with Crippen molar-refractivity contribution in [3.63, 3.8) is 0 Å². The smallest absolute Gasteiger partial charge is 0.137 e. The SMILES string of the molecule is CC(O)CCN(C)c1cc(Br)nc(C(C)(C)C)n1. The minimum Gasteiger partial charge on any atom is -0.393 e. The molecule has 1 aromatic heterocycles. The molecule has 18 heavy (non-hydrogen) atoms. The van der Waals surface area contributed by atoms with Crippen LogP contribution in [-0.4, -0.2) is 34.8 Å². The second-order valence-electron chi connectivity index (χ2n) is 5.68. The fourth-order valence-corrected chi connectivity index (χ4v) is 1.80. The molecule has 0 aromatic carbocycles. The van der Waals surface area contributed by atoms with Crippen LogP contribution in [0, 0.1) is 0 Å². The van der Waals surface area contributed by atoms with E-state index < -0.39 is 0 Å². The number of halogens is 1. The number of rotatable bonds is 4. The number of hydrogen-bond acceptors (Lipinski definition) is 4. The molecule has 0 radical (unpaired) electrons. The standard InChI is InChI=1S/C13H22BrN3O/c1-9(18)6-7-17(5)11-8-10(14)15-12(16-11)13(2,3)4/h8-9,18H,6-7H2,1-5H3. The molecule has 1 N–H and O–H groups in total. The van der Waals surface area contributed by atoms with Crippen molar-refractivity contribution < 1.29 is 5.11 Å². The van der Waals surface area contributed by atoms with Crippen LogP contribution >= 0.6 is 15.9 Å². The summed E-state index contributed by atoms with van der Waals surface area (Å²) in [4.78, 5) is 11.0. The van der Waals surface area contributed by atoms with Gasteiger partial charge in [-0.1, -0.05) is 20.8 Å². The van der Waals surface area contributed by atoms with E-state index >= 15 is 0 Å². The first-order valence-corrected chi connectivity index (χ1v) is 6.93. The summed E-state index contributed by atoms with van der Waals surface area (Å²) in [6.07, 6.45) is 0.433. The molecule has 5 heteroatoms. The van der Waals surface area contributed by atoms with Gasteiger partial charge in [0.25, 0.3) is 0 Å². The van der Waals surface area contributed by atoms with E-state index in [1.165, 1.54) is 0 Å². The lowest BCUT2D eigenvalue weighted by atomic mass is 9.96. The molecule has 0 bridgehead atoms. The highest BCUT2D eigenvalue weighted by molar-refractivity contribution is 9.10. The molecule has 1 unspecified atom stereocenters. The molecular formula is C13H22BrN3O. The number of aromatic nitrogens is 2. The second-order valence-corrected chi connectivity index (χ2v) is 6.49. The van der Waals surface area contributed by atoms with Crippen LogP contribution in [0.2, 0.25) is 0 Å². The minimum atomic E-state index is -0.292. The third kappa shape index (κ3) is 4.53. The van der Waals surface area contributed by atoms with Gasteiger partial charge < -0.3 is 10.0 Å². The quantitative estimate of drug-likeness (QED) is 0.868. The van der Waals surface area contributed by atoms with E-state index in [4.69, 9.17) is 0 Å². The van der Waals surface area contributed by atoms with Crippen LogP contribution in [-0.2, 0) is 5.41 Å².